The second-order valence-electron chi connectivity index (χ2n) is 3.59. The Kier molecular flexibility index (Phi) is 5.42. The van der Waals surface area contributed by atoms with Gasteiger partial charge in [-0.2, -0.15) is 0 Å². The van der Waals surface area contributed by atoms with E-state index >= 15 is 0 Å². The summed E-state index contributed by atoms with van der Waals surface area (Å²) in [5.74, 6) is -1.40. The summed E-state index contributed by atoms with van der Waals surface area (Å²) >= 11 is 0. The second-order valence-corrected chi connectivity index (χ2v) is 3.59. The minimum absolute atomic E-state index is 0. The third-order valence-electron chi connectivity index (χ3n) is 2.51. The van der Waals surface area contributed by atoms with Gasteiger partial charge >= 0.3 is 5.97 Å². The van der Waals surface area contributed by atoms with E-state index < -0.39 is 11.9 Å². The molecule has 0 aliphatic carbocycles. The van der Waals surface area contributed by atoms with E-state index in [1.807, 2.05) is 60.7 Å². The molecule has 81 valence electrons. The van der Waals surface area contributed by atoms with Gasteiger partial charge in [0.2, 0.25) is 0 Å². The van der Waals surface area contributed by atoms with Crippen LogP contribution in [-0.4, -0.2) is 40.6 Å². The van der Waals surface area contributed by atoms with Crippen LogP contribution in [0, 0.1) is 0 Å². The molecule has 2 rings (SSSR count). The molecule has 0 aliphatic heterocycles. The molecule has 2 aromatic rings. The fourth-order valence-electron chi connectivity index (χ4n) is 1.77. The largest absolute Gasteiger partial charge is 0.481 e. The van der Waals surface area contributed by atoms with Crippen LogP contribution >= 0.6 is 0 Å². The molecule has 0 unspecified atom stereocenters. The summed E-state index contributed by atoms with van der Waals surface area (Å²) in [6.07, 6.45) is 0. The number of benzene rings is 2. The molecule has 0 spiro atoms. The van der Waals surface area contributed by atoms with E-state index in [1.54, 1.807) is 0 Å². The number of carbonyl (C=O) groups is 1. The van der Waals surface area contributed by atoms with Crippen molar-refractivity contribution in [1.82, 2.24) is 0 Å². The van der Waals surface area contributed by atoms with Crippen LogP contribution in [0.1, 0.15) is 17.0 Å². The molecule has 2 aromatic carbocycles. The van der Waals surface area contributed by atoms with Crippen molar-refractivity contribution in [3.05, 3.63) is 71.8 Å². The Morgan fingerprint density at radius 2 is 1.18 bits per heavy atom. The smallest absolute Gasteiger partial charge is 0.315 e. The van der Waals surface area contributed by atoms with E-state index in [0.717, 1.165) is 11.1 Å². The summed E-state index contributed by atoms with van der Waals surface area (Å²) < 4.78 is 0. The topological polar surface area (TPSA) is 37.3 Å². The van der Waals surface area contributed by atoms with Crippen LogP contribution in [0.2, 0.25) is 0 Å². The van der Waals surface area contributed by atoms with Crippen LogP contribution in [0.15, 0.2) is 60.7 Å². The Morgan fingerprint density at radius 1 is 0.824 bits per heavy atom. The molecule has 0 saturated heterocycles. The summed E-state index contributed by atoms with van der Waals surface area (Å²) in [5.41, 5.74) is 1.61. The predicted octanol–water partition coefficient (Wildman–Crippen LogP) is 2.52. The monoisotopic (exact) mass is 235 g/mol. The fourth-order valence-corrected chi connectivity index (χ4v) is 1.77. The van der Waals surface area contributed by atoms with E-state index in [0.29, 0.717) is 0 Å². The molecule has 0 aliphatic rings. The first-order chi connectivity index (χ1) is 7.79. The molecule has 2 nitrogen and oxygen atoms in total. The molecule has 1 radical (unpaired) electrons. The van der Waals surface area contributed by atoms with Crippen molar-refractivity contribution in [2.45, 2.75) is 5.92 Å². The molecule has 0 bridgehead atoms. The fraction of sp³-hybridized carbons (Fsp3) is 0.0714. The Morgan fingerprint density at radius 3 is 1.47 bits per heavy atom. The van der Waals surface area contributed by atoms with Gasteiger partial charge in [0, 0.05) is 29.6 Å². The summed E-state index contributed by atoms with van der Waals surface area (Å²) in [5, 5.41) is 9.28. The number of hydrogen-bond donors (Lipinski definition) is 1. The predicted molar refractivity (Wildman–Crippen MR) is 68.1 cm³/mol. The zero-order chi connectivity index (χ0) is 11.4. The Balaban J connectivity index is 0.00000144. The minimum Gasteiger partial charge on any atom is -0.481 e. The van der Waals surface area contributed by atoms with Gasteiger partial charge in [0.25, 0.3) is 0 Å². The average molecular weight is 235 g/mol. The maximum Gasteiger partial charge on any atom is 0.315 e. The van der Waals surface area contributed by atoms with Crippen molar-refractivity contribution >= 4 is 35.5 Å². The van der Waals surface area contributed by atoms with E-state index in [1.165, 1.54) is 0 Å². The number of rotatable bonds is 3. The molecule has 0 heterocycles. The normalized spacial score (nSPS) is 9.71. The zero-order valence-corrected chi connectivity index (χ0v) is 11.7. The van der Waals surface area contributed by atoms with Gasteiger partial charge < -0.3 is 5.11 Å². The summed E-state index contributed by atoms with van der Waals surface area (Å²) in [6.45, 7) is 0. The molecule has 17 heavy (non-hydrogen) atoms. The quantitative estimate of drug-likeness (QED) is 0.830. The third-order valence-corrected chi connectivity index (χ3v) is 2.51. The maximum atomic E-state index is 11.3. The number of carboxylic acid groups (broad SMARTS) is 1. The number of hydrogen-bond acceptors (Lipinski definition) is 1. The van der Waals surface area contributed by atoms with Gasteiger partial charge in [0.15, 0.2) is 0 Å². The van der Waals surface area contributed by atoms with E-state index in [-0.39, 0.29) is 29.6 Å². The average Bonchev–Trinajstić information content (AvgIpc) is 2.31. The van der Waals surface area contributed by atoms with Gasteiger partial charge in [0.05, 0.1) is 0 Å². The Labute approximate surface area is 123 Å². The number of aliphatic carboxylic acids is 1. The SMILES string of the molecule is O=C(O)C(c1ccccc1)c1ccccc1.[Na]. The van der Waals surface area contributed by atoms with Gasteiger partial charge in [-0.15, -0.1) is 0 Å². The van der Waals surface area contributed by atoms with Crippen molar-refractivity contribution in [3.63, 3.8) is 0 Å². The minimum atomic E-state index is -0.822. The van der Waals surface area contributed by atoms with Crippen molar-refractivity contribution in [3.8, 4) is 0 Å². The Bertz CT molecular complexity index is 429. The van der Waals surface area contributed by atoms with Crippen molar-refractivity contribution in [2.75, 3.05) is 0 Å². The summed E-state index contributed by atoms with van der Waals surface area (Å²) in [4.78, 5) is 11.3. The van der Waals surface area contributed by atoms with Gasteiger partial charge in [-0.3, -0.25) is 4.79 Å². The first-order valence-corrected chi connectivity index (χ1v) is 5.12. The molecule has 1 N–H and O–H groups in total. The van der Waals surface area contributed by atoms with Crippen molar-refractivity contribution < 1.29 is 9.90 Å². The van der Waals surface area contributed by atoms with Crippen LogP contribution in [0.25, 0.3) is 0 Å². The van der Waals surface area contributed by atoms with Crippen LogP contribution in [0.3, 0.4) is 0 Å². The first-order valence-electron chi connectivity index (χ1n) is 5.12. The van der Waals surface area contributed by atoms with Gasteiger partial charge in [-0.1, -0.05) is 60.7 Å². The Hall–Kier alpha value is -1.09. The molecule has 0 amide bonds. The van der Waals surface area contributed by atoms with Crippen LogP contribution in [-0.2, 0) is 4.79 Å². The van der Waals surface area contributed by atoms with Gasteiger partial charge in [0.1, 0.15) is 5.92 Å². The van der Waals surface area contributed by atoms with Gasteiger partial charge in [-0.25, -0.2) is 0 Å². The third kappa shape index (κ3) is 3.43. The standard InChI is InChI=1S/C14H12O2.Na/c15-14(16)13(11-7-3-1-4-8-11)12-9-5-2-6-10-12;/h1-10,13H,(H,15,16);. The first kappa shape index (κ1) is 14.0. The van der Waals surface area contributed by atoms with Crippen LogP contribution < -0.4 is 0 Å². The second kappa shape index (κ2) is 6.60. The zero-order valence-electron chi connectivity index (χ0n) is 9.71. The van der Waals surface area contributed by atoms with E-state index in [4.69, 9.17) is 0 Å². The van der Waals surface area contributed by atoms with Crippen molar-refractivity contribution in [1.29, 1.82) is 0 Å². The van der Waals surface area contributed by atoms with Crippen LogP contribution in [0.5, 0.6) is 0 Å². The summed E-state index contributed by atoms with van der Waals surface area (Å²) in [6, 6.07) is 18.5. The molecule has 0 saturated carbocycles. The molecular weight excluding hydrogens is 223 g/mol. The molecule has 0 aromatic heterocycles. The molecule has 0 atom stereocenters. The van der Waals surface area contributed by atoms with Gasteiger partial charge in [-0.05, 0) is 11.1 Å². The maximum absolute atomic E-state index is 11.3. The molecule has 3 heteroatoms. The number of carboxylic acids is 1. The van der Waals surface area contributed by atoms with Crippen LogP contribution in [0.4, 0.5) is 0 Å². The molecule has 0 fully saturated rings. The van der Waals surface area contributed by atoms with Crippen molar-refractivity contribution in [2.24, 2.45) is 0 Å². The summed E-state index contributed by atoms with van der Waals surface area (Å²) in [7, 11) is 0. The van der Waals surface area contributed by atoms with E-state index in [2.05, 4.69) is 0 Å². The van der Waals surface area contributed by atoms with E-state index in [9.17, 15) is 9.90 Å². The molecular formula is C14H12NaO2.